The first-order chi connectivity index (χ1) is 8.35. The third-order valence-electron chi connectivity index (χ3n) is 2.09. The SMILES string of the molecule is C=CC(=O)OCCNC(=O)OCCCC(C)(C)C. The number of esters is 1. The first-order valence-electron chi connectivity index (χ1n) is 6.05. The van der Waals surface area contributed by atoms with Crippen LogP contribution in [0.4, 0.5) is 4.79 Å². The van der Waals surface area contributed by atoms with E-state index in [4.69, 9.17) is 4.74 Å². The van der Waals surface area contributed by atoms with E-state index in [1.807, 2.05) is 0 Å². The second-order valence-corrected chi connectivity index (χ2v) is 5.10. The Morgan fingerprint density at radius 1 is 1.22 bits per heavy atom. The van der Waals surface area contributed by atoms with Crippen molar-refractivity contribution in [2.24, 2.45) is 5.41 Å². The fourth-order valence-electron chi connectivity index (χ4n) is 1.18. The van der Waals surface area contributed by atoms with Gasteiger partial charge in [-0.3, -0.25) is 0 Å². The monoisotopic (exact) mass is 257 g/mol. The van der Waals surface area contributed by atoms with Crippen molar-refractivity contribution in [3.63, 3.8) is 0 Å². The predicted molar refractivity (Wildman–Crippen MR) is 69.2 cm³/mol. The zero-order valence-corrected chi connectivity index (χ0v) is 11.5. The predicted octanol–water partition coefficient (Wildman–Crippen LogP) is 2.27. The molecule has 0 unspecified atom stereocenters. The fourth-order valence-corrected chi connectivity index (χ4v) is 1.18. The van der Waals surface area contributed by atoms with E-state index in [9.17, 15) is 9.59 Å². The molecule has 0 spiro atoms. The van der Waals surface area contributed by atoms with Crippen LogP contribution in [0.1, 0.15) is 33.6 Å². The Bertz CT molecular complexity index is 281. The Kier molecular flexibility index (Phi) is 7.83. The highest BCUT2D eigenvalue weighted by molar-refractivity contribution is 5.81. The van der Waals surface area contributed by atoms with Gasteiger partial charge in [-0.2, -0.15) is 0 Å². The zero-order valence-electron chi connectivity index (χ0n) is 11.5. The minimum absolute atomic E-state index is 0.113. The molecule has 104 valence electrons. The van der Waals surface area contributed by atoms with Crippen LogP contribution in [0.3, 0.4) is 0 Å². The molecule has 0 aromatic heterocycles. The lowest BCUT2D eigenvalue weighted by Crippen LogP contribution is -2.28. The highest BCUT2D eigenvalue weighted by atomic mass is 16.6. The quantitative estimate of drug-likeness (QED) is 0.431. The van der Waals surface area contributed by atoms with Crippen LogP contribution in [-0.4, -0.2) is 31.8 Å². The number of amides is 1. The van der Waals surface area contributed by atoms with Crippen molar-refractivity contribution in [3.05, 3.63) is 12.7 Å². The number of rotatable bonds is 7. The number of carbonyl (C=O) groups excluding carboxylic acids is 2. The van der Waals surface area contributed by atoms with Gasteiger partial charge in [-0.05, 0) is 18.3 Å². The Morgan fingerprint density at radius 2 is 1.89 bits per heavy atom. The Balaban J connectivity index is 3.44. The summed E-state index contributed by atoms with van der Waals surface area (Å²) >= 11 is 0. The van der Waals surface area contributed by atoms with E-state index >= 15 is 0 Å². The highest BCUT2D eigenvalue weighted by Crippen LogP contribution is 2.20. The highest BCUT2D eigenvalue weighted by Gasteiger charge is 2.10. The normalized spacial score (nSPS) is 10.6. The molecule has 5 heteroatoms. The molecule has 0 bridgehead atoms. The van der Waals surface area contributed by atoms with Crippen LogP contribution in [-0.2, 0) is 14.3 Å². The maximum absolute atomic E-state index is 11.2. The van der Waals surface area contributed by atoms with Gasteiger partial charge in [0.25, 0.3) is 0 Å². The van der Waals surface area contributed by atoms with Crippen molar-refractivity contribution in [1.82, 2.24) is 5.32 Å². The molecule has 0 aliphatic carbocycles. The van der Waals surface area contributed by atoms with Crippen molar-refractivity contribution in [3.8, 4) is 0 Å². The molecule has 0 aliphatic heterocycles. The van der Waals surface area contributed by atoms with Gasteiger partial charge in [-0.15, -0.1) is 0 Å². The molecule has 1 amide bonds. The summed E-state index contributed by atoms with van der Waals surface area (Å²) in [4.78, 5) is 21.9. The summed E-state index contributed by atoms with van der Waals surface area (Å²) in [5.41, 5.74) is 0.249. The van der Waals surface area contributed by atoms with Crippen LogP contribution in [0.25, 0.3) is 0 Å². The van der Waals surface area contributed by atoms with Gasteiger partial charge in [0, 0.05) is 6.08 Å². The van der Waals surface area contributed by atoms with Crippen LogP contribution in [0.5, 0.6) is 0 Å². The number of hydrogen-bond donors (Lipinski definition) is 1. The Labute approximate surface area is 109 Å². The lowest BCUT2D eigenvalue weighted by Gasteiger charge is -2.17. The topological polar surface area (TPSA) is 64.6 Å². The number of alkyl carbamates (subject to hydrolysis) is 1. The van der Waals surface area contributed by atoms with E-state index in [0.29, 0.717) is 6.61 Å². The first-order valence-corrected chi connectivity index (χ1v) is 6.05. The van der Waals surface area contributed by atoms with Gasteiger partial charge < -0.3 is 14.8 Å². The molecule has 0 atom stereocenters. The van der Waals surface area contributed by atoms with Crippen LogP contribution in [0.2, 0.25) is 0 Å². The smallest absolute Gasteiger partial charge is 0.407 e. The van der Waals surface area contributed by atoms with Crippen LogP contribution in [0, 0.1) is 5.41 Å². The molecular weight excluding hydrogens is 234 g/mol. The summed E-state index contributed by atoms with van der Waals surface area (Å²) in [6.07, 6.45) is 2.42. The average Bonchev–Trinajstić information content (AvgIpc) is 2.28. The van der Waals surface area contributed by atoms with E-state index in [2.05, 4.69) is 37.4 Å². The van der Waals surface area contributed by atoms with E-state index in [-0.39, 0.29) is 18.6 Å². The molecular formula is C13H23NO4. The number of hydrogen-bond acceptors (Lipinski definition) is 4. The van der Waals surface area contributed by atoms with Gasteiger partial charge in [-0.25, -0.2) is 9.59 Å². The summed E-state index contributed by atoms with van der Waals surface area (Å²) in [6, 6.07) is 0. The molecule has 0 radical (unpaired) electrons. The van der Waals surface area contributed by atoms with Crippen molar-refractivity contribution in [2.75, 3.05) is 19.8 Å². The lowest BCUT2D eigenvalue weighted by molar-refractivity contribution is -0.137. The van der Waals surface area contributed by atoms with Crippen LogP contribution < -0.4 is 5.32 Å². The minimum atomic E-state index is -0.504. The molecule has 1 N–H and O–H groups in total. The molecule has 0 saturated carbocycles. The second kappa shape index (κ2) is 8.55. The van der Waals surface area contributed by atoms with Crippen molar-refractivity contribution in [1.29, 1.82) is 0 Å². The third kappa shape index (κ3) is 11.0. The van der Waals surface area contributed by atoms with Gasteiger partial charge in [0.1, 0.15) is 6.61 Å². The van der Waals surface area contributed by atoms with E-state index in [1.54, 1.807) is 0 Å². The maximum Gasteiger partial charge on any atom is 0.407 e. The standard InChI is InChI=1S/C13H23NO4/c1-5-11(15)17-10-8-14-12(16)18-9-6-7-13(2,3)4/h5H,1,6-10H2,2-4H3,(H,14,16). The molecule has 5 nitrogen and oxygen atoms in total. The van der Waals surface area contributed by atoms with E-state index in [1.165, 1.54) is 0 Å². The van der Waals surface area contributed by atoms with Crippen molar-refractivity contribution < 1.29 is 19.1 Å². The zero-order chi connectivity index (χ0) is 14.0. The summed E-state index contributed by atoms with van der Waals surface area (Å²) in [5.74, 6) is -0.504. The van der Waals surface area contributed by atoms with Gasteiger partial charge in [0.15, 0.2) is 0 Å². The second-order valence-electron chi connectivity index (χ2n) is 5.10. The van der Waals surface area contributed by atoms with E-state index in [0.717, 1.165) is 18.9 Å². The first kappa shape index (κ1) is 16.5. The largest absolute Gasteiger partial charge is 0.461 e. The minimum Gasteiger partial charge on any atom is -0.461 e. The van der Waals surface area contributed by atoms with Gasteiger partial charge in [0.2, 0.25) is 0 Å². The van der Waals surface area contributed by atoms with Crippen LogP contribution in [0.15, 0.2) is 12.7 Å². The summed E-state index contributed by atoms with van der Waals surface area (Å²) in [7, 11) is 0. The molecule has 0 saturated heterocycles. The van der Waals surface area contributed by atoms with Gasteiger partial charge >= 0.3 is 12.1 Å². The number of nitrogens with one attached hydrogen (secondary N) is 1. The lowest BCUT2D eigenvalue weighted by atomic mass is 9.91. The van der Waals surface area contributed by atoms with Crippen LogP contribution >= 0.6 is 0 Å². The molecule has 0 heterocycles. The number of ether oxygens (including phenoxy) is 2. The fraction of sp³-hybridized carbons (Fsp3) is 0.692. The molecule has 0 fully saturated rings. The molecule has 0 aromatic rings. The third-order valence-corrected chi connectivity index (χ3v) is 2.09. The van der Waals surface area contributed by atoms with Gasteiger partial charge in [-0.1, -0.05) is 27.4 Å². The van der Waals surface area contributed by atoms with Crippen molar-refractivity contribution in [2.45, 2.75) is 33.6 Å². The summed E-state index contributed by atoms with van der Waals surface area (Å²) < 4.78 is 9.64. The van der Waals surface area contributed by atoms with Gasteiger partial charge in [0.05, 0.1) is 13.2 Å². The summed E-state index contributed by atoms with van der Waals surface area (Å²) in [5, 5.41) is 2.49. The van der Waals surface area contributed by atoms with E-state index < -0.39 is 12.1 Å². The van der Waals surface area contributed by atoms with Crippen molar-refractivity contribution >= 4 is 12.1 Å². The Morgan fingerprint density at radius 3 is 2.44 bits per heavy atom. The average molecular weight is 257 g/mol. The molecule has 0 aromatic carbocycles. The molecule has 0 rings (SSSR count). The summed E-state index contributed by atoms with van der Waals surface area (Å²) in [6.45, 7) is 10.4. The maximum atomic E-state index is 11.2. The Hall–Kier alpha value is -1.52. The molecule has 0 aliphatic rings. The number of carbonyl (C=O) groups is 2. The molecule has 18 heavy (non-hydrogen) atoms.